The highest BCUT2D eigenvalue weighted by molar-refractivity contribution is 5.92. The molecule has 0 aromatic heterocycles. The zero-order valence-corrected chi connectivity index (χ0v) is 15.9. The normalized spacial score (nSPS) is 15.7. The molecule has 0 N–H and O–H groups in total. The van der Waals surface area contributed by atoms with Crippen molar-refractivity contribution in [2.45, 2.75) is 45.7 Å². The molecule has 0 bridgehead atoms. The number of aryl methyl sites for hydroxylation is 1. The Morgan fingerprint density at radius 1 is 1.11 bits per heavy atom. The van der Waals surface area contributed by atoms with Crippen molar-refractivity contribution in [2.75, 3.05) is 18.0 Å². The van der Waals surface area contributed by atoms with Gasteiger partial charge in [-0.25, -0.2) is 8.78 Å². The van der Waals surface area contributed by atoms with Gasteiger partial charge in [0.25, 0.3) is 0 Å². The van der Waals surface area contributed by atoms with E-state index in [0.717, 1.165) is 44.1 Å². The summed E-state index contributed by atoms with van der Waals surface area (Å²) in [5, 5.41) is 0. The van der Waals surface area contributed by atoms with Crippen LogP contribution in [-0.4, -0.2) is 29.9 Å². The van der Waals surface area contributed by atoms with Crippen LogP contribution < -0.4 is 4.90 Å². The SMILES string of the molecule is CCc1ccc(N(C(C)=O)C2CCN(Cc3ccc(F)cc3F)CC2)cc1. The van der Waals surface area contributed by atoms with E-state index in [2.05, 4.69) is 24.0 Å². The number of carbonyl (C=O) groups is 1. The number of piperidine rings is 1. The molecule has 0 saturated carbocycles. The summed E-state index contributed by atoms with van der Waals surface area (Å²) in [6.45, 7) is 5.73. The van der Waals surface area contributed by atoms with Crippen molar-refractivity contribution in [1.82, 2.24) is 4.90 Å². The second kappa shape index (κ2) is 8.61. The third kappa shape index (κ3) is 4.72. The van der Waals surface area contributed by atoms with Gasteiger partial charge in [-0.2, -0.15) is 0 Å². The number of benzene rings is 2. The van der Waals surface area contributed by atoms with Gasteiger partial charge in [-0.05, 0) is 43.0 Å². The summed E-state index contributed by atoms with van der Waals surface area (Å²) in [4.78, 5) is 16.3. The number of halogens is 2. The van der Waals surface area contributed by atoms with Gasteiger partial charge in [-0.1, -0.05) is 25.1 Å². The van der Waals surface area contributed by atoms with Crippen molar-refractivity contribution < 1.29 is 13.6 Å². The monoisotopic (exact) mass is 372 g/mol. The van der Waals surface area contributed by atoms with E-state index in [1.165, 1.54) is 17.7 Å². The van der Waals surface area contributed by atoms with Crippen molar-refractivity contribution in [2.24, 2.45) is 0 Å². The molecule has 3 nitrogen and oxygen atoms in total. The van der Waals surface area contributed by atoms with Gasteiger partial charge in [0.2, 0.25) is 5.91 Å². The minimum atomic E-state index is -0.554. The van der Waals surface area contributed by atoms with Crippen LogP contribution in [0.15, 0.2) is 42.5 Å². The average molecular weight is 372 g/mol. The highest BCUT2D eigenvalue weighted by Gasteiger charge is 2.27. The molecular formula is C22H26F2N2O. The van der Waals surface area contributed by atoms with Gasteiger partial charge in [0.1, 0.15) is 11.6 Å². The number of hydrogen-bond donors (Lipinski definition) is 0. The summed E-state index contributed by atoms with van der Waals surface area (Å²) in [5.74, 6) is -1.01. The number of likely N-dealkylation sites (tertiary alicyclic amines) is 1. The van der Waals surface area contributed by atoms with Crippen LogP contribution in [-0.2, 0) is 17.8 Å². The molecule has 0 atom stereocenters. The van der Waals surface area contributed by atoms with Crippen LogP contribution in [0.25, 0.3) is 0 Å². The predicted molar refractivity (Wildman–Crippen MR) is 104 cm³/mol. The number of amides is 1. The Kier molecular flexibility index (Phi) is 6.22. The Hall–Kier alpha value is -2.27. The summed E-state index contributed by atoms with van der Waals surface area (Å²) in [7, 11) is 0. The van der Waals surface area contributed by atoms with Gasteiger partial charge in [-0.3, -0.25) is 9.69 Å². The lowest BCUT2D eigenvalue weighted by Gasteiger charge is -2.38. The number of nitrogens with zero attached hydrogens (tertiary/aromatic N) is 2. The van der Waals surface area contributed by atoms with Crippen LogP contribution in [0.2, 0.25) is 0 Å². The molecule has 1 saturated heterocycles. The summed E-state index contributed by atoms with van der Waals surface area (Å²) in [5.41, 5.74) is 2.69. The summed E-state index contributed by atoms with van der Waals surface area (Å²) in [6, 6.07) is 12.0. The third-order valence-electron chi connectivity index (χ3n) is 5.29. The van der Waals surface area contributed by atoms with Crippen LogP contribution in [0.1, 0.15) is 37.8 Å². The second-order valence-electron chi connectivity index (χ2n) is 7.15. The van der Waals surface area contributed by atoms with Gasteiger partial charge in [0.05, 0.1) is 0 Å². The minimum absolute atomic E-state index is 0.0438. The Morgan fingerprint density at radius 2 is 1.78 bits per heavy atom. The standard InChI is InChI=1S/C22H26F2N2O/c1-3-17-4-8-20(9-5-17)26(16(2)27)21-10-12-25(13-11-21)15-18-6-7-19(23)14-22(18)24/h4-9,14,21H,3,10-13,15H2,1-2H3. The smallest absolute Gasteiger partial charge is 0.224 e. The molecular weight excluding hydrogens is 346 g/mol. The Morgan fingerprint density at radius 3 is 2.33 bits per heavy atom. The first-order chi connectivity index (χ1) is 13.0. The molecule has 1 heterocycles. The molecule has 2 aromatic rings. The lowest BCUT2D eigenvalue weighted by Crippen LogP contribution is -2.46. The molecule has 0 aliphatic carbocycles. The molecule has 144 valence electrons. The molecule has 1 amide bonds. The summed E-state index contributed by atoms with van der Waals surface area (Å²) < 4.78 is 26.9. The first kappa shape index (κ1) is 19.5. The molecule has 5 heteroatoms. The molecule has 0 radical (unpaired) electrons. The van der Waals surface area contributed by atoms with Crippen molar-refractivity contribution in [3.8, 4) is 0 Å². The first-order valence-corrected chi connectivity index (χ1v) is 9.53. The minimum Gasteiger partial charge on any atom is -0.310 e. The molecule has 1 fully saturated rings. The maximum Gasteiger partial charge on any atom is 0.224 e. The zero-order valence-electron chi connectivity index (χ0n) is 15.9. The van der Waals surface area contributed by atoms with Crippen molar-refractivity contribution in [3.05, 3.63) is 65.2 Å². The van der Waals surface area contributed by atoms with E-state index in [0.29, 0.717) is 12.1 Å². The average Bonchev–Trinajstić information content (AvgIpc) is 2.66. The first-order valence-electron chi connectivity index (χ1n) is 9.53. The van der Waals surface area contributed by atoms with E-state index in [9.17, 15) is 13.6 Å². The van der Waals surface area contributed by atoms with Gasteiger partial charge in [0, 0.05) is 49.9 Å². The van der Waals surface area contributed by atoms with E-state index < -0.39 is 11.6 Å². The van der Waals surface area contributed by atoms with E-state index in [4.69, 9.17) is 0 Å². The van der Waals surface area contributed by atoms with E-state index in [-0.39, 0.29) is 11.9 Å². The van der Waals surface area contributed by atoms with Crippen molar-refractivity contribution in [1.29, 1.82) is 0 Å². The molecule has 1 aliphatic rings. The fourth-order valence-electron chi connectivity index (χ4n) is 3.77. The van der Waals surface area contributed by atoms with Crippen LogP contribution in [0.4, 0.5) is 14.5 Å². The Labute approximate surface area is 159 Å². The highest BCUT2D eigenvalue weighted by atomic mass is 19.1. The predicted octanol–water partition coefficient (Wildman–Crippen LogP) is 4.54. The van der Waals surface area contributed by atoms with Gasteiger partial charge < -0.3 is 4.90 Å². The molecule has 2 aromatic carbocycles. The molecule has 0 spiro atoms. The lowest BCUT2D eigenvalue weighted by molar-refractivity contribution is -0.117. The summed E-state index contributed by atoms with van der Waals surface area (Å²) in [6.07, 6.45) is 2.63. The fourth-order valence-corrected chi connectivity index (χ4v) is 3.77. The fraction of sp³-hybridized carbons (Fsp3) is 0.409. The van der Waals surface area contributed by atoms with Crippen LogP contribution >= 0.6 is 0 Å². The van der Waals surface area contributed by atoms with E-state index in [1.54, 1.807) is 6.92 Å². The molecule has 0 unspecified atom stereocenters. The van der Waals surface area contributed by atoms with Gasteiger partial charge in [0.15, 0.2) is 0 Å². The highest BCUT2D eigenvalue weighted by Crippen LogP contribution is 2.25. The van der Waals surface area contributed by atoms with Crippen LogP contribution in [0.3, 0.4) is 0 Å². The van der Waals surface area contributed by atoms with E-state index >= 15 is 0 Å². The second-order valence-corrected chi connectivity index (χ2v) is 7.15. The summed E-state index contributed by atoms with van der Waals surface area (Å²) >= 11 is 0. The van der Waals surface area contributed by atoms with Gasteiger partial charge >= 0.3 is 0 Å². The Balaban J connectivity index is 1.64. The van der Waals surface area contributed by atoms with Gasteiger partial charge in [-0.15, -0.1) is 0 Å². The number of carbonyl (C=O) groups excluding carboxylic acids is 1. The quantitative estimate of drug-likeness (QED) is 0.769. The maximum atomic E-state index is 13.9. The number of anilines is 1. The maximum absolute atomic E-state index is 13.9. The lowest BCUT2D eigenvalue weighted by atomic mass is 10.0. The van der Waals surface area contributed by atoms with Crippen LogP contribution in [0, 0.1) is 11.6 Å². The third-order valence-corrected chi connectivity index (χ3v) is 5.29. The van der Waals surface area contributed by atoms with E-state index in [1.807, 2.05) is 17.0 Å². The van der Waals surface area contributed by atoms with Crippen molar-refractivity contribution in [3.63, 3.8) is 0 Å². The van der Waals surface area contributed by atoms with Crippen LogP contribution in [0.5, 0.6) is 0 Å². The largest absolute Gasteiger partial charge is 0.310 e. The molecule has 1 aliphatic heterocycles. The number of rotatable bonds is 5. The number of hydrogen-bond acceptors (Lipinski definition) is 2. The topological polar surface area (TPSA) is 23.6 Å². The molecule has 27 heavy (non-hydrogen) atoms. The van der Waals surface area contributed by atoms with Crippen molar-refractivity contribution >= 4 is 11.6 Å². The Bertz CT molecular complexity index is 783. The molecule has 3 rings (SSSR count). The zero-order chi connectivity index (χ0) is 19.4.